The molecule has 0 aromatic carbocycles. The molecular formula is C16H26N4O3. The molecule has 0 aromatic heterocycles. The minimum Gasteiger partial charge on any atom is -0.341 e. The quantitative estimate of drug-likeness (QED) is 0.752. The largest absolute Gasteiger partial charge is 0.341 e. The van der Waals surface area contributed by atoms with Gasteiger partial charge in [0.25, 0.3) is 5.91 Å². The van der Waals surface area contributed by atoms with Crippen LogP contribution in [0.5, 0.6) is 0 Å². The summed E-state index contributed by atoms with van der Waals surface area (Å²) >= 11 is 0. The predicted octanol–water partition coefficient (Wildman–Crippen LogP) is 0.533. The van der Waals surface area contributed by atoms with Crippen LogP contribution >= 0.6 is 0 Å². The Balaban J connectivity index is 1.69. The zero-order chi connectivity index (χ0) is 16.6. The van der Waals surface area contributed by atoms with Gasteiger partial charge in [0.2, 0.25) is 5.91 Å². The average molecular weight is 322 g/mol. The van der Waals surface area contributed by atoms with Crippen LogP contribution in [-0.4, -0.2) is 70.8 Å². The second-order valence-electron chi connectivity index (χ2n) is 7.04. The fraction of sp³-hybridized carbons (Fsp3) is 0.812. The van der Waals surface area contributed by atoms with Gasteiger partial charge in [-0.1, -0.05) is 19.3 Å². The SMILES string of the molecule is CN1C(=O)N(CC(=O)N2CCC(N)CC2)C(=O)C12CCCCC2. The van der Waals surface area contributed by atoms with Crippen LogP contribution in [0.15, 0.2) is 0 Å². The van der Waals surface area contributed by atoms with Crippen molar-refractivity contribution in [2.24, 2.45) is 5.73 Å². The number of rotatable bonds is 2. The number of nitrogens with zero attached hydrogens (tertiary/aromatic N) is 3. The lowest BCUT2D eigenvalue weighted by molar-refractivity contribution is -0.141. The first-order valence-electron chi connectivity index (χ1n) is 8.59. The molecule has 1 saturated carbocycles. The second kappa shape index (κ2) is 6.11. The van der Waals surface area contributed by atoms with Gasteiger partial charge in [-0.3, -0.25) is 14.5 Å². The summed E-state index contributed by atoms with van der Waals surface area (Å²) in [5.74, 6) is -0.341. The third-order valence-corrected chi connectivity index (χ3v) is 5.67. The predicted molar refractivity (Wildman–Crippen MR) is 84.5 cm³/mol. The molecule has 7 heteroatoms. The van der Waals surface area contributed by atoms with Gasteiger partial charge >= 0.3 is 6.03 Å². The first-order chi connectivity index (χ1) is 11.0. The van der Waals surface area contributed by atoms with Crippen molar-refractivity contribution in [2.75, 3.05) is 26.7 Å². The van der Waals surface area contributed by atoms with Gasteiger partial charge in [0.1, 0.15) is 12.1 Å². The first-order valence-corrected chi connectivity index (χ1v) is 8.59. The fourth-order valence-electron chi connectivity index (χ4n) is 4.06. The van der Waals surface area contributed by atoms with Crippen LogP contribution in [0.2, 0.25) is 0 Å². The minimum atomic E-state index is -0.708. The third kappa shape index (κ3) is 2.71. The van der Waals surface area contributed by atoms with Crippen LogP contribution in [0, 0.1) is 0 Å². The highest BCUT2D eigenvalue weighted by Gasteiger charge is 2.56. The summed E-state index contributed by atoms with van der Waals surface area (Å²) in [5.41, 5.74) is 5.14. The fourth-order valence-corrected chi connectivity index (χ4v) is 4.06. The normalized spacial score (nSPS) is 25.6. The Morgan fingerprint density at radius 3 is 2.39 bits per heavy atom. The molecule has 23 heavy (non-hydrogen) atoms. The maximum Gasteiger partial charge on any atom is 0.327 e. The van der Waals surface area contributed by atoms with Crippen molar-refractivity contribution in [3.8, 4) is 0 Å². The minimum absolute atomic E-state index is 0.140. The molecule has 1 spiro atoms. The molecule has 0 unspecified atom stereocenters. The van der Waals surface area contributed by atoms with Crippen LogP contribution in [0.1, 0.15) is 44.9 Å². The number of hydrogen-bond donors (Lipinski definition) is 1. The smallest absolute Gasteiger partial charge is 0.327 e. The highest BCUT2D eigenvalue weighted by Crippen LogP contribution is 2.39. The molecule has 2 aliphatic heterocycles. The molecule has 1 aliphatic carbocycles. The van der Waals surface area contributed by atoms with E-state index in [1.54, 1.807) is 16.8 Å². The molecule has 3 fully saturated rings. The maximum atomic E-state index is 12.8. The van der Waals surface area contributed by atoms with E-state index in [1.807, 2.05) is 0 Å². The van der Waals surface area contributed by atoms with Gasteiger partial charge in [0, 0.05) is 26.2 Å². The molecule has 0 atom stereocenters. The van der Waals surface area contributed by atoms with Gasteiger partial charge in [-0.2, -0.15) is 0 Å². The van der Waals surface area contributed by atoms with E-state index in [2.05, 4.69) is 0 Å². The summed E-state index contributed by atoms with van der Waals surface area (Å²) in [7, 11) is 1.69. The van der Waals surface area contributed by atoms with Gasteiger partial charge in [-0.05, 0) is 25.7 Å². The number of carbonyl (C=O) groups excluding carboxylic acids is 3. The first kappa shape index (κ1) is 16.2. The summed E-state index contributed by atoms with van der Waals surface area (Å²) < 4.78 is 0. The zero-order valence-electron chi connectivity index (χ0n) is 13.8. The summed E-state index contributed by atoms with van der Waals surface area (Å²) in [5, 5.41) is 0. The van der Waals surface area contributed by atoms with Crippen molar-refractivity contribution >= 4 is 17.8 Å². The van der Waals surface area contributed by atoms with Gasteiger partial charge in [0.15, 0.2) is 0 Å². The van der Waals surface area contributed by atoms with Crippen molar-refractivity contribution in [1.29, 1.82) is 0 Å². The van der Waals surface area contributed by atoms with Crippen molar-refractivity contribution in [1.82, 2.24) is 14.7 Å². The van der Waals surface area contributed by atoms with Crippen LogP contribution in [-0.2, 0) is 9.59 Å². The second-order valence-corrected chi connectivity index (χ2v) is 7.04. The molecule has 0 bridgehead atoms. The third-order valence-electron chi connectivity index (χ3n) is 5.67. The summed E-state index contributed by atoms with van der Waals surface area (Å²) in [6.45, 7) is 1.08. The summed E-state index contributed by atoms with van der Waals surface area (Å²) in [4.78, 5) is 42.2. The lowest BCUT2D eigenvalue weighted by Crippen LogP contribution is -2.50. The van der Waals surface area contributed by atoms with Crippen LogP contribution in [0.4, 0.5) is 4.79 Å². The van der Waals surface area contributed by atoms with Gasteiger partial charge < -0.3 is 15.5 Å². The number of likely N-dealkylation sites (N-methyl/N-ethyl adjacent to an activating group) is 1. The van der Waals surface area contributed by atoms with E-state index < -0.39 is 5.54 Å². The highest BCUT2D eigenvalue weighted by molar-refractivity contribution is 6.08. The Kier molecular flexibility index (Phi) is 4.31. The Labute approximate surface area is 136 Å². The van der Waals surface area contributed by atoms with Gasteiger partial charge in [0.05, 0.1) is 0 Å². The van der Waals surface area contributed by atoms with E-state index in [4.69, 9.17) is 5.73 Å². The standard InChI is InChI=1S/C16H26N4O3/c1-18-15(23)20(14(22)16(18)7-3-2-4-8-16)11-13(21)19-9-5-12(17)6-10-19/h12H,2-11,17H2,1H3. The molecular weight excluding hydrogens is 296 g/mol. The van der Waals surface area contributed by atoms with Crippen molar-refractivity contribution in [3.05, 3.63) is 0 Å². The number of urea groups is 1. The average Bonchev–Trinajstić information content (AvgIpc) is 2.72. The lowest BCUT2D eigenvalue weighted by Gasteiger charge is -2.36. The molecule has 4 amide bonds. The molecule has 0 radical (unpaired) electrons. The molecule has 3 aliphatic rings. The number of imide groups is 1. The number of amides is 4. The Hall–Kier alpha value is -1.63. The molecule has 7 nitrogen and oxygen atoms in total. The lowest BCUT2D eigenvalue weighted by atomic mass is 9.81. The number of piperidine rings is 1. The molecule has 128 valence electrons. The highest BCUT2D eigenvalue weighted by atomic mass is 16.2. The number of nitrogens with two attached hydrogens (primary N) is 1. The molecule has 2 heterocycles. The molecule has 3 rings (SSSR count). The maximum absolute atomic E-state index is 12.8. The van der Waals surface area contributed by atoms with Crippen LogP contribution in [0.3, 0.4) is 0 Å². The molecule has 2 N–H and O–H groups in total. The monoisotopic (exact) mass is 322 g/mol. The molecule has 0 aromatic rings. The summed E-state index contributed by atoms with van der Waals surface area (Å²) in [6, 6.07) is -0.190. The van der Waals surface area contributed by atoms with E-state index in [9.17, 15) is 14.4 Å². The zero-order valence-corrected chi connectivity index (χ0v) is 13.8. The Morgan fingerprint density at radius 2 is 1.78 bits per heavy atom. The van der Waals surface area contributed by atoms with E-state index in [0.29, 0.717) is 25.9 Å². The number of carbonyl (C=O) groups is 3. The van der Waals surface area contributed by atoms with E-state index in [0.717, 1.165) is 37.0 Å². The Bertz CT molecular complexity index is 507. The Morgan fingerprint density at radius 1 is 1.17 bits per heavy atom. The number of hydrogen-bond acceptors (Lipinski definition) is 4. The topological polar surface area (TPSA) is 87.0 Å². The van der Waals surface area contributed by atoms with Crippen molar-refractivity contribution < 1.29 is 14.4 Å². The van der Waals surface area contributed by atoms with E-state index >= 15 is 0 Å². The van der Waals surface area contributed by atoms with Gasteiger partial charge in [-0.25, -0.2) is 4.79 Å². The molecule has 2 saturated heterocycles. The van der Waals surface area contributed by atoms with Crippen LogP contribution in [0.25, 0.3) is 0 Å². The summed E-state index contributed by atoms with van der Waals surface area (Å²) in [6.07, 6.45) is 5.97. The van der Waals surface area contributed by atoms with Gasteiger partial charge in [-0.15, -0.1) is 0 Å². The van der Waals surface area contributed by atoms with Crippen LogP contribution < -0.4 is 5.73 Å². The number of likely N-dealkylation sites (tertiary alicyclic amines) is 1. The van der Waals surface area contributed by atoms with Crippen molar-refractivity contribution in [2.45, 2.75) is 56.5 Å². The van der Waals surface area contributed by atoms with E-state index in [-0.39, 0.29) is 30.4 Å². The van der Waals surface area contributed by atoms with E-state index in [1.165, 1.54) is 0 Å². The van der Waals surface area contributed by atoms with Crippen molar-refractivity contribution in [3.63, 3.8) is 0 Å².